The van der Waals surface area contributed by atoms with Crippen LogP contribution in [0.4, 0.5) is 0 Å². The van der Waals surface area contributed by atoms with E-state index in [4.69, 9.17) is 0 Å². The van der Waals surface area contributed by atoms with Gasteiger partial charge < -0.3 is 5.11 Å². The highest BCUT2D eigenvalue weighted by Crippen LogP contribution is 2.80. The molecule has 1 saturated heterocycles. The molecule has 5 fully saturated rings. The summed E-state index contributed by atoms with van der Waals surface area (Å²) in [5.41, 5.74) is 0.649. The van der Waals surface area contributed by atoms with E-state index < -0.39 is 0 Å². The van der Waals surface area contributed by atoms with Gasteiger partial charge in [-0.2, -0.15) is 0 Å². The zero-order valence-corrected chi connectivity index (χ0v) is 14.8. The average molecular weight is 313 g/mol. The maximum absolute atomic E-state index is 11.1. The van der Waals surface area contributed by atoms with Crippen LogP contribution in [-0.2, 0) is 0 Å². The van der Waals surface area contributed by atoms with Gasteiger partial charge in [-0.05, 0) is 53.8 Å². The predicted octanol–water partition coefficient (Wildman–Crippen LogP) is 4.25. The van der Waals surface area contributed by atoms with Gasteiger partial charge in [-0.3, -0.25) is 0 Å². The number of rotatable bonds is 1. The summed E-state index contributed by atoms with van der Waals surface area (Å²) in [6.07, 6.45) is 3.84. The van der Waals surface area contributed by atoms with E-state index in [2.05, 4.69) is 51.2 Å². The topological polar surface area (TPSA) is 20.2 Å². The van der Waals surface area contributed by atoms with E-state index in [-0.39, 0.29) is 11.5 Å². The molecular weight excluding hydrogens is 284 g/mol. The molecule has 5 rings (SSSR count). The first-order valence-corrected chi connectivity index (χ1v) is 10.3. The van der Waals surface area contributed by atoms with Crippen LogP contribution in [0.15, 0.2) is 0 Å². The molecule has 0 aromatic heterocycles. The number of hydrogen-bond acceptors (Lipinski definition) is 3. The van der Waals surface area contributed by atoms with Crippen molar-refractivity contribution in [1.82, 2.24) is 0 Å². The van der Waals surface area contributed by atoms with Gasteiger partial charge in [-0.1, -0.05) is 27.7 Å². The molecule has 1 aliphatic heterocycles. The molecule has 4 aliphatic carbocycles. The minimum absolute atomic E-state index is 0.0529. The van der Waals surface area contributed by atoms with Crippen LogP contribution in [0.25, 0.3) is 0 Å². The van der Waals surface area contributed by atoms with Crippen LogP contribution >= 0.6 is 23.5 Å². The van der Waals surface area contributed by atoms with Crippen LogP contribution in [0.2, 0.25) is 0 Å². The minimum atomic E-state index is -0.0529. The maximum atomic E-state index is 11.1. The number of fused-ring (bicyclic) bond motifs is 1. The Balaban J connectivity index is 1.79. The van der Waals surface area contributed by atoms with Crippen LogP contribution in [0.1, 0.15) is 47.0 Å². The molecule has 0 amide bonds. The quantitative estimate of drug-likeness (QED) is 0.781. The van der Waals surface area contributed by atoms with Crippen LogP contribution in [-0.4, -0.2) is 26.8 Å². The van der Waals surface area contributed by atoms with Gasteiger partial charge in [0.05, 0.1) is 10.2 Å². The summed E-state index contributed by atoms with van der Waals surface area (Å²) < 4.78 is 0.421. The Labute approximate surface area is 132 Å². The molecule has 5 aliphatic rings. The molecule has 4 bridgehead atoms. The van der Waals surface area contributed by atoms with E-state index in [0.29, 0.717) is 15.4 Å². The summed E-state index contributed by atoms with van der Waals surface area (Å²) in [6.45, 7) is 9.71. The predicted molar refractivity (Wildman–Crippen MR) is 89.0 cm³/mol. The molecule has 1 N–H and O–H groups in total. The van der Waals surface area contributed by atoms with Crippen molar-refractivity contribution in [2.45, 2.75) is 57.1 Å². The first-order valence-electron chi connectivity index (χ1n) is 8.30. The van der Waals surface area contributed by atoms with Gasteiger partial charge in [0.1, 0.15) is 0 Å². The van der Waals surface area contributed by atoms with Crippen LogP contribution in [0, 0.1) is 34.5 Å². The molecule has 1 nitrogen and oxygen atoms in total. The van der Waals surface area contributed by atoms with E-state index in [1.54, 1.807) is 0 Å². The fourth-order valence-electron chi connectivity index (χ4n) is 6.53. The first-order chi connectivity index (χ1) is 9.34. The lowest BCUT2D eigenvalue weighted by molar-refractivity contribution is -0.171. The van der Waals surface area contributed by atoms with E-state index in [9.17, 15) is 5.11 Å². The number of hydrogen-bond donors (Lipinski definition) is 1. The van der Waals surface area contributed by atoms with Crippen molar-refractivity contribution in [2.24, 2.45) is 34.5 Å². The summed E-state index contributed by atoms with van der Waals surface area (Å²) in [5, 5.41) is 11.1. The lowest BCUT2D eigenvalue weighted by atomic mass is 9.46. The van der Waals surface area contributed by atoms with E-state index >= 15 is 0 Å². The molecule has 0 aromatic rings. The van der Waals surface area contributed by atoms with Crippen molar-refractivity contribution in [3.63, 3.8) is 0 Å². The molecule has 20 heavy (non-hydrogen) atoms. The van der Waals surface area contributed by atoms with Gasteiger partial charge in [-0.25, -0.2) is 0 Å². The monoisotopic (exact) mass is 312 g/mol. The lowest BCUT2D eigenvalue weighted by Gasteiger charge is -2.61. The third-order valence-electron chi connectivity index (χ3n) is 7.46. The highest BCUT2D eigenvalue weighted by molar-refractivity contribution is 8.21. The molecule has 0 aromatic carbocycles. The average Bonchev–Trinajstić information content (AvgIpc) is 2.90. The Morgan fingerprint density at radius 1 is 1.15 bits per heavy atom. The second-order valence-corrected chi connectivity index (χ2v) is 11.6. The van der Waals surface area contributed by atoms with Crippen molar-refractivity contribution < 1.29 is 5.11 Å². The van der Waals surface area contributed by atoms with E-state index in [0.717, 1.165) is 17.8 Å². The molecule has 0 radical (unpaired) electrons. The van der Waals surface area contributed by atoms with Gasteiger partial charge in [0.25, 0.3) is 0 Å². The third-order valence-corrected chi connectivity index (χ3v) is 11.4. The molecule has 4 saturated carbocycles. The number of aliphatic hydroxyl groups is 1. The standard InChI is InChI=1S/C17H28OS2/c1-10(2)11-7-13-15(3)9-17(19-5-6-20-17)16(13,4)8-12(11)14(15)18/h10-14,18H,5-9H2,1-4H3/t11-,12+,13-,14-,15-,16-/m0/s1. The van der Waals surface area contributed by atoms with Gasteiger partial charge in [0.2, 0.25) is 0 Å². The number of thioether (sulfide) groups is 2. The van der Waals surface area contributed by atoms with Crippen LogP contribution < -0.4 is 0 Å². The van der Waals surface area contributed by atoms with Crippen molar-refractivity contribution in [3.8, 4) is 0 Å². The second-order valence-electron chi connectivity index (χ2n) is 8.56. The van der Waals surface area contributed by atoms with Crippen molar-refractivity contribution in [2.75, 3.05) is 11.5 Å². The summed E-state index contributed by atoms with van der Waals surface area (Å²) in [6, 6.07) is 0. The smallest absolute Gasteiger partial charge is 0.0674 e. The molecule has 114 valence electrons. The summed E-state index contributed by atoms with van der Waals surface area (Å²) in [5.74, 6) is 5.40. The van der Waals surface area contributed by atoms with Crippen LogP contribution in [0.3, 0.4) is 0 Å². The van der Waals surface area contributed by atoms with Gasteiger partial charge in [0.15, 0.2) is 0 Å². The molecule has 1 heterocycles. The molecule has 6 atom stereocenters. The summed E-state index contributed by atoms with van der Waals surface area (Å²) in [7, 11) is 0. The van der Waals surface area contributed by atoms with Crippen molar-refractivity contribution >= 4 is 23.5 Å². The Kier molecular flexibility index (Phi) is 2.95. The molecule has 1 spiro atoms. The Bertz CT molecular complexity index is 431. The zero-order valence-electron chi connectivity index (χ0n) is 13.2. The third kappa shape index (κ3) is 1.44. The Morgan fingerprint density at radius 2 is 1.80 bits per heavy atom. The second kappa shape index (κ2) is 4.14. The van der Waals surface area contributed by atoms with Gasteiger partial charge in [0, 0.05) is 11.5 Å². The highest BCUT2D eigenvalue weighted by Gasteiger charge is 2.75. The van der Waals surface area contributed by atoms with E-state index in [1.807, 2.05) is 0 Å². The van der Waals surface area contributed by atoms with Gasteiger partial charge in [-0.15, -0.1) is 23.5 Å². The van der Waals surface area contributed by atoms with Gasteiger partial charge >= 0.3 is 0 Å². The summed E-state index contributed by atoms with van der Waals surface area (Å²) >= 11 is 4.46. The minimum Gasteiger partial charge on any atom is -0.392 e. The van der Waals surface area contributed by atoms with Crippen molar-refractivity contribution in [3.05, 3.63) is 0 Å². The normalized spacial score (nSPS) is 56.1. The fraction of sp³-hybridized carbons (Fsp3) is 1.00. The van der Waals surface area contributed by atoms with Crippen LogP contribution in [0.5, 0.6) is 0 Å². The lowest BCUT2D eigenvalue weighted by Crippen LogP contribution is -2.59. The highest BCUT2D eigenvalue weighted by atomic mass is 32.2. The molecular formula is C17H28OS2. The molecule has 0 unspecified atom stereocenters. The Morgan fingerprint density at radius 3 is 2.40 bits per heavy atom. The summed E-state index contributed by atoms with van der Waals surface area (Å²) in [4.78, 5) is 0. The van der Waals surface area contributed by atoms with E-state index in [1.165, 1.54) is 30.8 Å². The SMILES string of the molecule is CC(C)[C@@H]1C[C@H]2[C@]3(C)CC4(SCCS4)[C@@]2(C)C[C@H]1[C@@H]3O. The zero-order chi connectivity index (χ0) is 14.3. The maximum Gasteiger partial charge on any atom is 0.0674 e. The Hall–Kier alpha value is 0.660. The fourth-order valence-corrected chi connectivity index (χ4v) is 10.6. The number of aliphatic hydroxyl groups excluding tert-OH is 1. The van der Waals surface area contributed by atoms with Crippen molar-refractivity contribution in [1.29, 1.82) is 0 Å². The first kappa shape index (κ1) is 14.3. The largest absolute Gasteiger partial charge is 0.392 e. The molecule has 3 heteroatoms.